The van der Waals surface area contributed by atoms with E-state index in [9.17, 15) is 0 Å². The Morgan fingerprint density at radius 2 is 1.42 bits per heavy atom. The van der Waals surface area contributed by atoms with Gasteiger partial charge in [0.25, 0.3) is 0 Å². The fourth-order valence-electron chi connectivity index (χ4n) is 2.35. The third-order valence-corrected chi connectivity index (χ3v) is 8.38. The molecule has 0 unspecified atom stereocenters. The molecule has 0 aromatic rings. The van der Waals surface area contributed by atoms with Crippen LogP contribution in [0.3, 0.4) is 0 Å². The summed E-state index contributed by atoms with van der Waals surface area (Å²) in [5.74, 6) is 0. The van der Waals surface area contributed by atoms with Crippen molar-refractivity contribution in [2.24, 2.45) is 0 Å². The summed E-state index contributed by atoms with van der Waals surface area (Å²) in [5.41, 5.74) is 4.89. The van der Waals surface area contributed by atoms with Gasteiger partial charge < -0.3 is 0 Å². The van der Waals surface area contributed by atoms with Crippen molar-refractivity contribution >= 4 is 0 Å². The first-order valence-electron chi connectivity index (χ1n) is 4.71. The van der Waals surface area contributed by atoms with Crippen LogP contribution < -0.4 is 0 Å². The molecule has 12 heavy (non-hydrogen) atoms. The summed E-state index contributed by atoms with van der Waals surface area (Å²) in [6.45, 7) is 6.91. The van der Waals surface area contributed by atoms with Gasteiger partial charge in [0.1, 0.15) is 0 Å². The van der Waals surface area contributed by atoms with Crippen molar-refractivity contribution < 1.29 is 20.3 Å². The van der Waals surface area contributed by atoms with Crippen LogP contribution in [0.1, 0.15) is 27.2 Å². The Hall–Kier alpha value is 0.363. The van der Waals surface area contributed by atoms with Gasteiger partial charge in [-0.25, -0.2) is 0 Å². The summed E-state index contributed by atoms with van der Waals surface area (Å²) in [4.78, 5) is 0. The van der Waals surface area contributed by atoms with Gasteiger partial charge in [0.2, 0.25) is 0 Å². The van der Waals surface area contributed by atoms with Crippen molar-refractivity contribution in [3.05, 3.63) is 20.0 Å². The molecule has 0 aromatic heterocycles. The molecule has 0 aliphatic heterocycles. The summed E-state index contributed by atoms with van der Waals surface area (Å²) in [5, 5.41) is 0. The molecule has 0 bridgehead atoms. The van der Waals surface area contributed by atoms with Gasteiger partial charge in [0.05, 0.1) is 0 Å². The second kappa shape index (κ2) is 3.25. The van der Waals surface area contributed by atoms with Gasteiger partial charge in [0, 0.05) is 0 Å². The molecule has 0 radical (unpaired) electrons. The van der Waals surface area contributed by atoms with E-state index in [4.69, 9.17) is 0 Å². The Balaban J connectivity index is 3.12. The van der Waals surface area contributed by atoms with Gasteiger partial charge >= 0.3 is 81.4 Å². The van der Waals surface area contributed by atoms with E-state index < -0.39 is 20.3 Å². The summed E-state index contributed by atoms with van der Waals surface area (Å²) in [6.07, 6.45) is 1.25. The van der Waals surface area contributed by atoms with E-state index in [1.807, 2.05) is 0 Å². The van der Waals surface area contributed by atoms with Gasteiger partial charge in [0.15, 0.2) is 0 Å². The summed E-state index contributed by atoms with van der Waals surface area (Å²) >= 11 is -1.78. The molecule has 0 fully saturated rings. The zero-order valence-corrected chi connectivity index (χ0v) is 11.7. The zero-order chi connectivity index (χ0) is 9.52. The van der Waals surface area contributed by atoms with E-state index in [-0.39, 0.29) is 0 Å². The average molecular weight is 244 g/mol. The minimum absolute atomic E-state index is 1.25. The molecule has 0 nitrogen and oxygen atoms in total. The van der Waals surface area contributed by atoms with Crippen LogP contribution in [0.4, 0.5) is 0 Å². The van der Waals surface area contributed by atoms with E-state index >= 15 is 0 Å². The first-order chi connectivity index (χ1) is 5.34. The molecule has 0 heterocycles. The summed E-state index contributed by atoms with van der Waals surface area (Å²) in [6, 6.07) is 0. The van der Waals surface area contributed by atoms with Gasteiger partial charge in [-0.1, -0.05) is 0 Å². The SMILES string of the molecule is CC1=C(C)[C]([Zr]([CH3])([CH3])[CH3])=C(C)C1. The van der Waals surface area contributed by atoms with Gasteiger partial charge in [-0.05, 0) is 0 Å². The van der Waals surface area contributed by atoms with Gasteiger partial charge in [-0.2, -0.15) is 0 Å². The molecule has 68 valence electrons. The average Bonchev–Trinajstić information content (AvgIpc) is 2.05. The molecular formula is C11H20Zr. The Kier molecular flexibility index (Phi) is 2.83. The maximum atomic E-state index is 2.51. The van der Waals surface area contributed by atoms with Gasteiger partial charge in [-0.15, -0.1) is 0 Å². The molecule has 0 amide bonds. The van der Waals surface area contributed by atoms with E-state index in [1.54, 1.807) is 20.0 Å². The third kappa shape index (κ3) is 1.82. The Labute approximate surface area is 81.2 Å². The molecule has 0 saturated carbocycles. The quantitative estimate of drug-likeness (QED) is 0.644. The molecule has 1 heteroatoms. The van der Waals surface area contributed by atoms with E-state index in [0.717, 1.165) is 0 Å². The van der Waals surface area contributed by atoms with Crippen LogP contribution in [0, 0.1) is 0 Å². The van der Waals surface area contributed by atoms with Crippen molar-refractivity contribution in [3.63, 3.8) is 0 Å². The van der Waals surface area contributed by atoms with Crippen LogP contribution in [0.2, 0.25) is 13.9 Å². The fourth-order valence-corrected chi connectivity index (χ4v) is 9.01. The Morgan fingerprint density at radius 1 is 0.917 bits per heavy atom. The molecule has 0 spiro atoms. The normalized spacial score (nSPS) is 19.5. The molecule has 1 rings (SSSR count). The predicted molar refractivity (Wildman–Crippen MR) is 53.3 cm³/mol. The van der Waals surface area contributed by atoms with Gasteiger partial charge in [-0.3, -0.25) is 0 Å². The summed E-state index contributed by atoms with van der Waals surface area (Å²) < 4.78 is 9.32. The van der Waals surface area contributed by atoms with Crippen LogP contribution in [0.25, 0.3) is 0 Å². The molecule has 0 aromatic carbocycles. The number of allylic oxidation sites excluding steroid dienone is 4. The Morgan fingerprint density at radius 3 is 1.58 bits per heavy atom. The Bertz CT molecular complexity index is 261. The first-order valence-corrected chi connectivity index (χ1v) is 13.3. The van der Waals surface area contributed by atoms with Crippen molar-refractivity contribution in [2.75, 3.05) is 0 Å². The van der Waals surface area contributed by atoms with Crippen LogP contribution in [-0.4, -0.2) is 0 Å². The van der Waals surface area contributed by atoms with Crippen LogP contribution in [0.15, 0.2) is 20.0 Å². The van der Waals surface area contributed by atoms with E-state index in [2.05, 4.69) is 34.7 Å². The minimum atomic E-state index is -1.78. The molecule has 0 N–H and O–H groups in total. The van der Waals surface area contributed by atoms with Crippen molar-refractivity contribution in [1.82, 2.24) is 0 Å². The molecule has 0 saturated heterocycles. The molecule has 1 aliphatic carbocycles. The second-order valence-corrected chi connectivity index (χ2v) is 17.3. The van der Waals surface area contributed by atoms with Crippen molar-refractivity contribution in [3.8, 4) is 0 Å². The van der Waals surface area contributed by atoms with Crippen LogP contribution in [-0.2, 0) is 20.3 Å². The fraction of sp³-hybridized carbons (Fsp3) is 0.636. The molecule has 1 aliphatic rings. The molecule has 0 atom stereocenters. The monoisotopic (exact) mass is 242 g/mol. The van der Waals surface area contributed by atoms with Crippen LogP contribution in [0.5, 0.6) is 0 Å². The number of hydrogen-bond donors (Lipinski definition) is 0. The van der Waals surface area contributed by atoms with E-state index in [1.165, 1.54) is 6.42 Å². The topological polar surface area (TPSA) is 0 Å². The maximum absolute atomic E-state index is 2.51. The summed E-state index contributed by atoms with van der Waals surface area (Å²) in [7, 11) is 0. The first kappa shape index (κ1) is 10.4. The zero-order valence-electron chi connectivity index (χ0n) is 9.21. The number of rotatable bonds is 1. The number of hydrogen-bond acceptors (Lipinski definition) is 0. The third-order valence-electron chi connectivity index (χ3n) is 2.72. The van der Waals surface area contributed by atoms with Crippen LogP contribution >= 0.6 is 0 Å². The van der Waals surface area contributed by atoms with E-state index in [0.29, 0.717) is 0 Å². The second-order valence-electron chi connectivity index (χ2n) is 4.99. The predicted octanol–water partition coefficient (Wildman–Crippen LogP) is 4.30. The standard InChI is InChI=1S/C8H11.3CH3.Zr/c1-6-4-7(2)8(3)5-6;;;;/h4H2,1-3H3;3*1H3;. The molecular weight excluding hydrogens is 223 g/mol. The van der Waals surface area contributed by atoms with Crippen molar-refractivity contribution in [1.29, 1.82) is 0 Å². The van der Waals surface area contributed by atoms with Crippen molar-refractivity contribution in [2.45, 2.75) is 41.1 Å².